The van der Waals surface area contributed by atoms with Crippen LogP contribution in [0.25, 0.3) is 0 Å². The van der Waals surface area contributed by atoms with Gasteiger partial charge in [0, 0.05) is 259 Å². The van der Waals surface area contributed by atoms with Gasteiger partial charge >= 0.3 is 0 Å². The molecule has 0 unspecified atom stereocenters. The predicted molar refractivity (Wildman–Crippen MR) is 496 cm³/mol. The lowest BCUT2D eigenvalue weighted by molar-refractivity contribution is -0.136. The highest BCUT2D eigenvalue weighted by Gasteiger charge is 2.38. The molecule has 0 bridgehead atoms. The minimum atomic E-state index is 0.0626. The molecular formula is C97H180N18O7. The van der Waals surface area contributed by atoms with E-state index >= 15 is 0 Å². The summed E-state index contributed by atoms with van der Waals surface area (Å²) in [6, 6.07) is 9.51. The van der Waals surface area contributed by atoms with Gasteiger partial charge < -0.3 is 44.9 Å². The van der Waals surface area contributed by atoms with Crippen LogP contribution in [0.2, 0.25) is 0 Å². The molecule has 25 heteroatoms. The Labute approximate surface area is 744 Å². The minimum Gasteiger partial charge on any atom is -0.348 e. The first-order valence-corrected chi connectivity index (χ1v) is 47.6. The van der Waals surface area contributed by atoms with E-state index in [-0.39, 0.29) is 56.6 Å². The highest BCUT2D eigenvalue weighted by atomic mass is 16.2. The molecule has 0 aromatic carbocycles. The molecule has 0 aromatic heterocycles. The molecular weight excluding hydrogens is 1530 g/mol. The lowest BCUT2D eigenvalue weighted by Crippen LogP contribution is -2.59. The largest absolute Gasteiger partial charge is 0.348 e. The van der Waals surface area contributed by atoms with Crippen LogP contribution >= 0.6 is 0 Å². The molecule has 7 aliphatic heterocycles. The second-order valence-corrected chi connectivity index (χ2v) is 45.3. The third-order valence-corrected chi connectivity index (χ3v) is 25.6. The lowest BCUT2D eigenvalue weighted by Gasteiger charge is -2.46. The van der Waals surface area contributed by atoms with Crippen LogP contribution in [0.15, 0.2) is 0 Å². The van der Waals surface area contributed by atoms with Gasteiger partial charge in [0.1, 0.15) is 0 Å². The number of unbranched alkanes of at least 4 members (excludes halogenated alkanes) is 1. The molecule has 9 fully saturated rings. The van der Waals surface area contributed by atoms with Crippen molar-refractivity contribution in [2.45, 2.75) is 304 Å². The number of hydrogen-bond donors (Lipinski definition) is 1. The first-order valence-electron chi connectivity index (χ1n) is 47.6. The molecule has 0 spiro atoms. The van der Waals surface area contributed by atoms with Crippen LogP contribution in [0.1, 0.15) is 274 Å². The van der Waals surface area contributed by atoms with Gasteiger partial charge in [0.2, 0.25) is 41.4 Å². The molecule has 2 aliphatic carbocycles. The number of likely N-dealkylation sites (tertiary alicyclic amines) is 2. The Kier molecular flexibility index (Phi) is 46.4. The number of hydrogen-bond acceptors (Lipinski definition) is 18. The Morgan fingerprint density at radius 1 is 0.352 bits per heavy atom. The van der Waals surface area contributed by atoms with Crippen LogP contribution in [-0.4, -0.2) is 345 Å². The summed E-state index contributed by atoms with van der Waals surface area (Å²) in [5.41, 5.74) is 6.09. The summed E-state index contributed by atoms with van der Waals surface area (Å²) in [6.45, 7) is 69.8. The number of nitrogens with two attached hydrogens (primary N) is 1. The van der Waals surface area contributed by atoms with E-state index in [1.807, 2.05) is 42.9 Å². The van der Waals surface area contributed by atoms with Crippen LogP contribution < -0.4 is 5.73 Å². The number of nitrogens with zero attached hydrogens (tertiary/aromatic N) is 17. The number of carbonyl (C=O) groups excluding carboxylic acids is 7. The van der Waals surface area contributed by atoms with Crippen LogP contribution in [0, 0.1) is 90.2 Å². The molecule has 0 radical (unpaired) electrons. The Hall–Kier alpha value is -5.56. The summed E-state index contributed by atoms with van der Waals surface area (Å²) in [7, 11) is 7.29. The molecule has 7 amide bonds. The summed E-state index contributed by atoms with van der Waals surface area (Å²) < 4.78 is 0. The molecule has 0 aromatic rings. The number of rotatable bonds is 19. The quantitative estimate of drug-likeness (QED) is 0.118. The zero-order valence-corrected chi connectivity index (χ0v) is 82.5. The first kappa shape index (κ1) is 109. The molecule has 2 saturated carbocycles. The third kappa shape index (κ3) is 43.8. The highest BCUT2D eigenvalue weighted by molar-refractivity contribution is 5.80. The second kappa shape index (κ2) is 52.0. The zero-order valence-electron chi connectivity index (χ0n) is 82.5. The molecule has 9 rings (SSSR count). The molecule has 700 valence electrons. The summed E-state index contributed by atoms with van der Waals surface area (Å²) in [4.78, 5) is 116. The van der Waals surface area contributed by atoms with Gasteiger partial charge in [0.05, 0.1) is 31.3 Å². The van der Waals surface area contributed by atoms with Crippen molar-refractivity contribution in [2.75, 3.05) is 205 Å². The van der Waals surface area contributed by atoms with E-state index in [2.05, 4.69) is 208 Å². The number of amides is 7. The molecule has 2 N–H and O–H groups in total. The number of piperazine rings is 5. The van der Waals surface area contributed by atoms with Crippen molar-refractivity contribution in [1.29, 1.82) is 15.8 Å². The highest BCUT2D eigenvalue weighted by Crippen LogP contribution is 2.33. The standard InChI is InChI=1S/C22H42N4O2.C21H40N4O2.2C17H29N3O.C14H25N3O.C6H15N/c1-17-14-26(16-21(28)23(6)7)18(2)13-25(17)15-19-8-10-24(11-9-19)20(27)12-22(3,4)5;1-17-14-23(11-12-25(17)16-20(27)22(5)6)15-18-7-9-24(10-8-18)19(26)13-21(2,3)4;2*1-17(2,3)12-16(21)20-10-8-19(9-11-20)15-6-4-14(13-18)5-7-15;1-14(2,3)12-13(18)17-10-8-16(9-11-17)7-5-4-6-15;1-6(2,3)4-5-7/h17-19H,8-16H2,1-7H3;17-18H,7-16H2,1-6H3;2*14-15H,4-12H2,1-3H3;4-5,7-12H2,1-3H3;4-5,7H2,1-3H3/t17-,18+;17-;;;;/m01..../s1. The van der Waals surface area contributed by atoms with Gasteiger partial charge in [-0.1, -0.05) is 125 Å². The van der Waals surface area contributed by atoms with E-state index in [4.69, 9.17) is 21.5 Å². The Morgan fingerprint density at radius 3 is 0.959 bits per heavy atom. The smallest absolute Gasteiger partial charge is 0.236 e. The van der Waals surface area contributed by atoms with E-state index in [0.717, 1.165) is 254 Å². The molecule has 7 heterocycles. The van der Waals surface area contributed by atoms with Crippen molar-refractivity contribution >= 4 is 41.4 Å². The maximum absolute atomic E-state index is 12.5. The fourth-order valence-corrected chi connectivity index (χ4v) is 17.9. The van der Waals surface area contributed by atoms with Gasteiger partial charge in [-0.3, -0.25) is 63.0 Å². The first-order chi connectivity index (χ1) is 56.8. The SMILES string of the molecule is CC(C)(C)CC(=O)N1CCN(C2CCC(C#N)CC2)CC1.CC(C)(C)CC(=O)N1CCN(C2CCC(C#N)CC2)CC1.CC(C)(C)CC(=O)N1CCN(CCCC#N)CC1.CC(C)(C)CCN.C[C@@H]1CN(CC2CCN(C(=O)CC(C)(C)C)CC2)CCN1CC(=O)N(C)C.C[C@@H]1CN(CC2CCN(C(=O)CC(C)(C)C)CC2)[C@@H](C)CN1CC(=O)N(C)C. The average Bonchev–Trinajstić information content (AvgIpc) is 0.827. The maximum atomic E-state index is 12.5. The van der Waals surface area contributed by atoms with Crippen molar-refractivity contribution < 1.29 is 33.6 Å². The summed E-state index contributed by atoms with van der Waals surface area (Å²) in [6.07, 6.45) is 19.1. The van der Waals surface area contributed by atoms with Gasteiger partial charge in [-0.05, 0) is 168 Å². The van der Waals surface area contributed by atoms with E-state index in [0.29, 0.717) is 123 Å². The minimum absolute atomic E-state index is 0.0626. The van der Waals surface area contributed by atoms with Crippen molar-refractivity contribution in [2.24, 2.45) is 61.9 Å². The molecule has 25 nitrogen and oxygen atoms in total. The fraction of sp³-hybridized carbons (Fsp3) is 0.897. The molecule has 3 atom stereocenters. The van der Waals surface area contributed by atoms with E-state index in [9.17, 15) is 33.6 Å². The maximum Gasteiger partial charge on any atom is 0.236 e. The normalized spacial score (nSPS) is 24.1. The fourth-order valence-electron chi connectivity index (χ4n) is 17.9. The number of piperidine rings is 2. The monoisotopic (exact) mass is 1710 g/mol. The van der Waals surface area contributed by atoms with E-state index < -0.39 is 0 Å². The van der Waals surface area contributed by atoms with Crippen LogP contribution in [0.3, 0.4) is 0 Å². The van der Waals surface area contributed by atoms with Crippen LogP contribution in [0.5, 0.6) is 0 Å². The summed E-state index contributed by atoms with van der Waals surface area (Å²) in [5.74, 6) is 3.77. The predicted octanol–water partition coefficient (Wildman–Crippen LogP) is 12.4. The van der Waals surface area contributed by atoms with Crippen LogP contribution in [0.4, 0.5) is 0 Å². The topological polar surface area (TPSA) is 262 Å². The van der Waals surface area contributed by atoms with E-state index in [1.54, 1.807) is 9.80 Å². The second-order valence-electron chi connectivity index (χ2n) is 45.3. The Balaban J connectivity index is 0.000000316. The number of carbonyl (C=O) groups is 7. The van der Waals surface area contributed by atoms with Gasteiger partial charge in [-0.25, -0.2) is 0 Å². The Morgan fingerprint density at radius 2 is 0.656 bits per heavy atom. The van der Waals surface area contributed by atoms with Gasteiger partial charge in [0.25, 0.3) is 0 Å². The average molecular weight is 1710 g/mol. The number of nitriles is 3. The Bertz CT molecular complexity index is 3140. The van der Waals surface area contributed by atoms with Gasteiger partial charge in [-0.2, -0.15) is 15.8 Å². The lowest BCUT2D eigenvalue weighted by atomic mass is 9.86. The molecule has 122 heavy (non-hydrogen) atoms. The van der Waals surface area contributed by atoms with Crippen molar-refractivity contribution in [3.05, 3.63) is 0 Å². The van der Waals surface area contributed by atoms with Crippen molar-refractivity contribution in [1.82, 2.24) is 68.6 Å². The van der Waals surface area contributed by atoms with E-state index in [1.165, 1.54) is 0 Å². The summed E-state index contributed by atoms with van der Waals surface area (Å²) in [5, 5.41) is 26.4. The molecule has 9 aliphatic rings. The zero-order chi connectivity index (χ0) is 91.7. The third-order valence-electron chi connectivity index (χ3n) is 25.6. The van der Waals surface area contributed by atoms with Crippen LogP contribution in [-0.2, 0) is 33.6 Å². The molecule has 7 saturated heterocycles. The van der Waals surface area contributed by atoms with Crippen molar-refractivity contribution in [3.63, 3.8) is 0 Å². The summed E-state index contributed by atoms with van der Waals surface area (Å²) >= 11 is 0. The van der Waals surface area contributed by atoms with Crippen molar-refractivity contribution in [3.8, 4) is 18.2 Å². The van der Waals surface area contributed by atoms with Gasteiger partial charge in [0.15, 0.2) is 0 Å². The van der Waals surface area contributed by atoms with Gasteiger partial charge in [-0.15, -0.1) is 0 Å². The number of likely N-dealkylation sites (N-methyl/N-ethyl adjacent to an activating group) is 2.